The number of aromatic nitrogens is 1. The van der Waals surface area contributed by atoms with E-state index < -0.39 is 0 Å². The molecule has 1 N–H and O–H groups in total. The predicted molar refractivity (Wildman–Crippen MR) is 63.3 cm³/mol. The fraction of sp³-hybridized carbons (Fsp3) is 0.500. The number of aliphatic hydroxyl groups is 1. The van der Waals surface area contributed by atoms with Gasteiger partial charge in [-0.1, -0.05) is 0 Å². The van der Waals surface area contributed by atoms with Gasteiger partial charge in [-0.15, -0.1) is 0 Å². The molecule has 92 valence electrons. The van der Waals surface area contributed by atoms with Crippen molar-refractivity contribution in [1.29, 1.82) is 0 Å². The number of anilines is 1. The van der Waals surface area contributed by atoms with Gasteiger partial charge in [0, 0.05) is 13.5 Å². The molecule has 0 saturated carbocycles. The van der Waals surface area contributed by atoms with Crippen LogP contribution in [0.3, 0.4) is 0 Å². The Balaban J connectivity index is 2.17. The van der Waals surface area contributed by atoms with Crippen LogP contribution in [0.1, 0.15) is 17.4 Å². The molecular formula is C12H16N2O3. The predicted octanol–water partition coefficient (Wildman–Crippen LogP) is 0.482. The molecule has 2 rings (SSSR count). The molecule has 5 heteroatoms. The van der Waals surface area contributed by atoms with E-state index in [9.17, 15) is 9.90 Å². The van der Waals surface area contributed by atoms with Crippen molar-refractivity contribution in [3.8, 4) is 0 Å². The van der Waals surface area contributed by atoms with Crippen molar-refractivity contribution in [2.24, 2.45) is 0 Å². The zero-order valence-corrected chi connectivity index (χ0v) is 9.80. The first kappa shape index (κ1) is 12.0. The number of hydrogen-bond acceptors (Lipinski definition) is 5. The minimum absolute atomic E-state index is 0.0336. The molecule has 0 amide bonds. The normalized spacial score (nSPS) is 20.4. The molecule has 0 spiro atoms. The molecule has 1 fully saturated rings. The first-order valence-electron chi connectivity index (χ1n) is 5.64. The van der Waals surface area contributed by atoms with Gasteiger partial charge in [-0.2, -0.15) is 0 Å². The van der Waals surface area contributed by atoms with Crippen molar-refractivity contribution >= 4 is 11.5 Å². The lowest BCUT2D eigenvalue weighted by Gasteiger charge is -2.36. The van der Waals surface area contributed by atoms with Crippen LogP contribution in [0.15, 0.2) is 18.3 Å². The number of pyridine rings is 1. The van der Waals surface area contributed by atoms with Gasteiger partial charge >= 0.3 is 0 Å². The number of carbonyl (C=O) groups excluding carboxylic acids is 1. The molecule has 0 aliphatic carbocycles. The first-order valence-corrected chi connectivity index (χ1v) is 5.64. The summed E-state index contributed by atoms with van der Waals surface area (Å²) in [5.74, 6) is -0.0442. The average Bonchev–Trinajstić information content (AvgIpc) is 2.39. The van der Waals surface area contributed by atoms with Gasteiger partial charge in [0.25, 0.3) is 0 Å². The van der Waals surface area contributed by atoms with Crippen LogP contribution in [-0.2, 0) is 4.74 Å². The Morgan fingerprint density at radius 2 is 2.47 bits per heavy atom. The van der Waals surface area contributed by atoms with Crippen molar-refractivity contribution in [3.63, 3.8) is 0 Å². The van der Waals surface area contributed by atoms with E-state index >= 15 is 0 Å². The summed E-state index contributed by atoms with van der Waals surface area (Å²) in [6.45, 7) is 3.43. The molecule has 1 saturated heterocycles. The van der Waals surface area contributed by atoms with E-state index in [1.165, 1.54) is 6.92 Å². The Labute approximate surface area is 100 Å². The lowest BCUT2D eigenvalue weighted by atomic mass is 10.2. The van der Waals surface area contributed by atoms with E-state index in [1.807, 2.05) is 6.07 Å². The average molecular weight is 236 g/mol. The summed E-state index contributed by atoms with van der Waals surface area (Å²) in [4.78, 5) is 17.3. The number of Topliss-reactive ketones (excluding diaryl/α,β-unsaturated/α-hetero) is 1. The molecule has 1 aliphatic heterocycles. The van der Waals surface area contributed by atoms with Crippen LogP contribution in [-0.4, -0.2) is 48.3 Å². The lowest BCUT2D eigenvalue weighted by molar-refractivity contribution is 0.0726. The number of nitrogens with zero attached hydrogens (tertiary/aromatic N) is 2. The fourth-order valence-electron chi connectivity index (χ4n) is 1.91. The van der Waals surface area contributed by atoms with Gasteiger partial charge in [-0.25, -0.2) is 0 Å². The molecular weight excluding hydrogens is 220 g/mol. The minimum Gasteiger partial charge on any atom is -0.394 e. The van der Waals surface area contributed by atoms with E-state index in [2.05, 4.69) is 9.88 Å². The second-order valence-electron chi connectivity index (χ2n) is 4.06. The van der Waals surface area contributed by atoms with Crippen molar-refractivity contribution in [3.05, 3.63) is 24.0 Å². The van der Waals surface area contributed by atoms with Crippen LogP contribution >= 0.6 is 0 Å². The quantitative estimate of drug-likeness (QED) is 0.773. The second kappa shape index (κ2) is 5.25. The molecule has 1 atom stereocenters. The maximum Gasteiger partial charge on any atom is 0.178 e. The van der Waals surface area contributed by atoms with Gasteiger partial charge in [0.1, 0.15) is 5.69 Å². The summed E-state index contributed by atoms with van der Waals surface area (Å²) in [5.41, 5.74) is 1.37. The Morgan fingerprint density at radius 3 is 3.06 bits per heavy atom. The number of carbonyl (C=O) groups is 1. The summed E-state index contributed by atoms with van der Waals surface area (Å²) in [6, 6.07) is 3.54. The van der Waals surface area contributed by atoms with Crippen molar-refractivity contribution in [1.82, 2.24) is 4.98 Å². The Hall–Kier alpha value is -1.46. The highest BCUT2D eigenvalue weighted by Gasteiger charge is 2.22. The summed E-state index contributed by atoms with van der Waals surface area (Å²) >= 11 is 0. The highest BCUT2D eigenvalue weighted by molar-refractivity contribution is 5.92. The van der Waals surface area contributed by atoms with E-state index in [4.69, 9.17) is 4.74 Å². The van der Waals surface area contributed by atoms with E-state index in [0.717, 1.165) is 12.2 Å². The second-order valence-corrected chi connectivity index (χ2v) is 4.06. The molecule has 2 heterocycles. The molecule has 0 radical (unpaired) electrons. The van der Waals surface area contributed by atoms with Gasteiger partial charge in [-0.3, -0.25) is 9.78 Å². The molecule has 17 heavy (non-hydrogen) atoms. The molecule has 0 bridgehead atoms. The number of aliphatic hydroxyl groups excluding tert-OH is 1. The maximum atomic E-state index is 11.1. The van der Waals surface area contributed by atoms with E-state index in [0.29, 0.717) is 18.9 Å². The van der Waals surface area contributed by atoms with Crippen LogP contribution < -0.4 is 4.90 Å². The standard InChI is InChI=1S/C12H16N2O3/c1-9(16)12-3-2-10(6-13-12)14-4-5-17-8-11(14)7-15/h2-3,6,11,15H,4-5,7-8H2,1H3. The van der Waals surface area contributed by atoms with E-state index in [-0.39, 0.29) is 18.4 Å². The van der Waals surface area contributed by atoms with Gasteiger partial charge in [-0.05, 0) is 12.1 Å². The Morgan fingerprint density at radius 1 is 1.65 bits per heavy atom. The highest BCUT2D eigenvalue weighted by Crippen LogP contribution is 2.18. The highest BCUT2D eigenvalue weighted by atomic mass is 16.5. The minimum atomic E-state index is -0.0442. The maximum absolute atomic E-state index is 11.1. The molecule has 1 aromatic rings. The topological polar surface area (TPSA) is 62.7 Å². The van der Waals surface area contributed by atoms with Crippen LogP contribution in [0.2, 0.25) is 0 Å². The van der Waals surface area contributed by atoms with Gasteiger partial charge in [0.2, 0.25) is 0 Å². The molecule has 1 aliphatic rings. The number of morpholine rings is 1. The number of hydrogen-bond donors (Lipinski definition) is 1. The third-order valence-electron chi connectivity index (χ3n) is 2.88. The third-order valence-corrected chi connectivity index (χ3v) is 2.88. The van der Waals surface area contributed by atoms with Crippen molar-refractivity contribution in [2.75, 3.05) is 31.3 Å². The molecule has 5 nitrogen and oxygen atoms in total. The lowest BCUT2D eigenvalue weighted by Crippen LogP contribution is -2.47. The molecule has 1 aromatic heterocycles. The number of ketones is 1. The molecule has 0 aromatic carbocycles. The van der Waals surface area contributed by atoms with Crippen LogP contribution in [0.25, 0.3) is 0 Å². The zero-order chi connectivity index (χ0) is 12.3. The van der Waals surface area contributed by atoms with Crippen molar-refractivity contribution < 1.29 is 14.6 Å². The molecule has 1 unspecified atom stereocenters. The van der Waals surface area contributed by atoms with Crippen LogP contribution in [0.4, 0.5) is 5.69 Å². The summed E-state index contributed by atoms with van der Waals surface area (Å²) in [6.07, 6.45) is 1.67. The SMILES string of the molecule is CC(=O)c1ccc(N2CCOCC2CO)cn1. The van der Waals surface area contributed by atoms with Gasteiger partial charge < -0.3 is 14.7 Å². The fourth-order valence-corrected chi connectivity index (χ4v) is 1.91. The van der Waals surface area contributed by atoms with Crippen LogP contribution in [0.5, 0.6) is 0 Å². The third kappa shape index (κ3) is 2.62. The number of ether oxygens (including phenoxy) is 1. The summed E-state index contributed by atoms with van der Waals surface area (Å²) in [7, 11) is 0. The summed E-state index contributed by atoms with van der Waals surface area (Å²) < 4.78 is 5.31. The Bertz CT molecular complexity index is 391. The summed E-state index contributed by atoms with van der Waals surface area (Å²) in [5, 5.41) is 9.27. The Kier molecular flexibility index (Phi) is 3.71. The van der Waals surface area contributed by atoms with Gasteiger partial charge in [0.15, 0.2) is 5.78 Å². The van der Waals surface area contributed by atoms with Crippen molar-refractivity contribution in [2.45, 2.75) is 13.0 Å². The zero-order valence-electron chi connectivity index (χ0n) is 9.80. The van der Waals surface area contributed by atoms with E-state index in [1.54, 1.807) is 12.3 Å². The smallest absolute Gasteiger partial charge is 0.178 e. The largest absolute Gasteiger partial charge is 0.394 e. The van der Waals surface area contributed by atoms with Crippen LogP contribution in [0, 0.1) is 0 Å². The van der Waals surface area contributed by atoms with Gasteiger partial charge in [0.05, 0.1) is 37.7 Å². The monoisotopic (exact) mass is 236 g/mol. The number of rotatable bonds is 3. The first-order chi connectivity index (χ1) is 8.22.